The molecular formula is C13H13N3OS. The largest absolute Gasteiger partial charge is 0.399 e. The van der Waals surface area contributed by atoms with Gasteiger partial charge in [-0.2, -0.15) is 0 Å². The zero-order chi connectivity index (χ0) is 13.0. The minimum absolute atomic E-state index is 0.318. The van der Waals surface area contributed by atoms with Crippen molar-refractivity contribution in [2.75, 3.05) is 16.4 Å². The highest BCUT2D eigenvalue weighted by Crippen LogP contribution is 2.19. The molecule has 0 aromatic heterocycles. The highest BCUT2D eigenvalue weighted by atomic mass is 32.1. The monoisotopic (exact) mass is 259 g/mol. The van der Waals surface area contributed by atoms with Gasteiger partial charge in [0.25, 0.3) is 0 Å². The minimum Gasteiger partial charge on any atom is -0.399 e. The van der Waals surface area contributed by atoms with E-state index in [1.165, 1.54) is 0 Å². The van der Waals surface area contributed by atoms with Crippen molar-refractivity contribution in [2.45, 2.75) is 4.90 Å². The SMILES string of the molecule is Nc1ccc(NC(=O)Nc2ccccc2S)cc1. The summed E-state index contributed by atoms with van der Waals surface area (Å²) in [6.45, 7) is 0. The zero-order valence-electron chi connectivity index (χ0n) is 9.55. The fourth-order valence-corrected chi connectivity index (χ4v) is 1.65. The fraction of sp³-hybridized carbons (Fsp3) is 0. The summed E-state index contributed by atoms with van der Waals surface area (Å²) in [7, 11) is 0. The van der Waals surface area contributed by atoms with Crippen LogP contribution in [-0.4, -0.2) is 6.03 Å². The van der Waals surface area contributed by atoms with E-state index in [2.05, 4.69) is 23.3 Å². The maximum atomic E-state index is 11.7. The third kappa shape index (κ3) is 3.18. The van der Waals surface area contributed by atoms with Crippen LogP contribution >= 0.6 is 12.6 Å². The Morgan fingerprint density at radius 1 is 1.00 bits per heavy atom. The molecule has 2 aromatic carbocycles. The Bertz CT molecular complexity index is 554. The molecule has 0 fully saturated rings. The molecule has 2 rings (SSSR count). The molecule has 2 amide bonds. The molecule has 0 radical (unpaired) electrons. The maximum absolute atomic E-state index is 11.7. The molecule has 4 nitrogen and oxygen atoms in total. The first-order valence-corrected chi connectivity index (χ1v) is 5.81. The first-order valence-electron chi connectivity index (χ1n) is 5.37. The topological polar surface area (TPSA) is 67.1 Å². The molecule has 5 heteroatoms. The van der Waals surface area contributed by atoms with Crippen LogP contribution in [0.25, 0.3) is 0 Å². The second-order valence-electron chi connectivity index (χ2n) is 3.72. The molecule has 2 aromatic rings. The lowest BCUT2D eigenvalue weighted by atomic mass is 10.3. The van der Waals surface area contributed by atoms with Crippen LogP contribution in [0.5, 0.6) is 0 Å². The summed E-state index contributed by atoms with van der Waals surface area (Å²) in [5.74, 6) is 0. The quantitative estimate of drug-likeness (QED) is 0.494. The number of benzene rings is 2. The van der Waals surface area contributed by atoms with Gasteiger partial charge in [-0.3, -0.25) is 0 Å². The van der Waals surface area contributed by atoms with Gasteiger partial charge in [0.2, 0.25) is 0 Å². The number of para-hydroxylation sites is 1. The van der Waals surface area contributed by atoms with Gasteiger partial charge < -0.3 is 16.4 Å². The highest BCUT2D eigenvalue weighted by Gasteiger charge is 2.04. The van der Waals surface area contributed by atoms with Crippen LogP contribution in [-0.2, 0) is 0 Å². The number of nitrogen functional groups attached to an aromatic ring is 1. The minimum atomic E-state index is -0.318. The van der Waals surface area contributed by atoms with Crippen molar-refractivity contribution >= 4 is 35.7 Å². The molecule has 0 saturated heterocycles. The van der Waals surface area contributed by atoms with Gasteiger partial charge >= 0.3 is 6.03 Å². The van der Waals surface area contributed by atoms with Gasteiger partial charge in [-0.1, -0.05) is 12.1 Å². The number of nitrogens with one attached hydrogen (secondary N) is 2. The van der Waals surface area contributed by atoms with Crippen molar-refractivity contribution in [3.05, 3.63) is 48.5 Å². The summed E-state index contributed by atoms with van der Waals surface area (Å²) < 4.78 is 0. The number of urea groups is 1. The van der Waals surface area contributed by atoms with Crippen LogP contribution in [0, 0.1) is 0 Å². The predicted octanol–water partition coefficient (Wildman–Crippen LogP) is 3.20. The van der Waals surface area contributed by atoms with Gasteiger partial charge in [0.15, 0.2) is 0 Å². The molecule has 92 valence electrons. The van der Waals surface area contributed by atoms with Gasteiger partial charge in [-0.05, 0) is 36.4 Å². The molecule has 0 unspecified atom stereocenters. The Morgan fingerprint density at radius 3 is 2.33 bits per heavy atom. The van der Waals surface area contributed by atoms with E-state index in [1.807, 2.05) is 18.2 Å². The number of nitrogens with two attached hydrogens (primary N) is 1. The number of anilines is 3. The number of carbonyl (C=O) groups is 1. The first kappa shape index (κ1) is 12.3. The lowest BCUT2D eigenvalue weighted by molar-refractivity contribution is 0.262. The third-order valence-electron chi connectivity index (χ3n) is 2.32. The lowest BCUT2D eigenvalue weighted by Gasteiger charge is -2.09. The van der Waals surface area contributed by atoms with Crippen molar-refractivity contribution < 1.29 is 4.79 Å². The highest BCUT2D eigenvalue weighted by molar-refractivity contribution is 7.80. The number of hydrogen-bond donors (Lipinski definition) is 4. The molecule has 0 aliphatic heterocycles. The normalized spacial score (nSPS) is 9.83. The molecule has 0 aliphatic rings. The van der Waals surface area contributed by atoms with Gasteiger partial charge in [-0.15, -0.1) is 12.6 Å². The van der Waals surface area contributed by atoms with Gasteiger partial charge in [0, 0.05) is 16.3 Å². The molecule has 0 atom stereocenters. The van der Waals surface area contributed by atoms with Crippen molar-refractivity contribution in [1.29, 1.82) is 0 Å². The number of hydrogen-bond acceptors (Lipinski definition) is 3. The van der Waals surface area contributed by atoms with E-state index >= 15 is 0 Å². The van der Waals surface area contributed by atoms with Crippen LogP contribution in [0.4, 0.5) is 21.9 Å². The fourth-order valence-electron chi connectivity index (χ4n) is 1.43. The molecule has 0 saturated carbocycles. The average molecular weight is 259 g/mol. The number of rotatable bonds is 2. The van der Waals surface area contributed by atoms with Gasteiger partial charge in [0.1, 0.15) is 0 Å². The summed E-state index contributed by atoms with van der Waals surface area (Å²) in [5, 5.41) is 5.42. The summed E-state index contributed by atoms with van der Waals surface area (Å²) in [4.78, 5) is 12.4. The molecule has 0 bridgehead atoms. The second kappa shape index (κ2) is 5.46. The van der Waals surface area contributed by atoms with E-state index in [0.29, 0.717) is 22.0 Å². The molecule has 0 spiro atoms. The Hall–Kier alpha value is -2.14. The molecule has 0 heterocycles. The smallest absolute Gasteiger partial charge is 0.323 e. The van der Waals surface area contributed by atoms with Crippen LogP contribution < -0.4 is 16.4 Å². The number of thiol groups is 1. The van der Waals surface area contributed by atoms with Gasteiger partial charge in [-0.25, -0.2) is 4.79 Å². The van der Waals surface area contributed by atoms with E-state index in [9.17, 15) is 4.79 Å². The zero-order valence-corrected chi connectivity index (χ0v) is 10.4. The van der Waals surface area contributed by atoms with E-state index in [4.69, 9.17) is 5.73 Å². The van der Waals surface area contributed by atoms with E-state index in [0.717, 1.165) is 0 Å². The van der Waals surface area contributed by atoms with Crippen LogP contribution in [0.3, 0.4) is 0 Å². The van der Waals surface area contributed by atoms with Crippen molar-refractivity contribution in [3.8, 4) is 0 Å². The van der Waals surface area contributed by atoms with E-state index in [-0.39, 0.29) is 6.03 Å². The first-order chi connectivity index (χ1) is 8.65. The summed E-state index contributed by atoms with van der Waals surface area (Å²) in [5.41, 5.74) is 7.56. The van der Waals surface area contributed by atoms with Crippen LogP contribution in [0.15, 0.2) is 53.4 Å². The molecule has 4 N–H and O–H groups in total. The summed E-state index contributed by atoms with van der Waals surface area (Å²) in [6, 6.07) is 13.9. The van der Waals surface area contributed by atoms with Crippen LogP contribution in [0.2, 0.25) is 0 Å². The Morgan fingerprint density at radius 2 is 1.67 bits per heavy atom. The molecule has 18 heavy (non-hydrogen) atoms. The predicted molar refractivity (Wildman–Crippen MR) is 77.2 cm³/mol. The standard InChI is InChI=1S/C13H13N3OS/c14-9-5-7-10(8-6-9)15-13(17)16-11-3-1-2-4-12(11)18/h1-8,18H,14H2,(H2,15,16,17). The van der Waals surface area contributed by atoms with Gasteiger partial charge in [0.05, 0.1) is 5.69 Å². The number of carbonyl (C=O) groups excluding carboxylic acids is 1. The number of amides is 2. The third-order valence-corrected chi connectivity index (χ3v) is 2.71. The summed E-state index contributed by atoms with van der Waals surface area (Å²) in [6.07, 6.45) is 0. The Labute approximate surface area is 111 Å². The van der Waals surface area contributed by atoms with Crippen LogP contribution in [0.1, 0.15) is 0 Å². The summed E-state index contributed by atoms with van der Waals surface area (Å²) >= 11 is 4.25. The van der Waals surface area contributed by atoms with E-state index in [1.54, 1.807) is 30.3 Å². The Kier molecular flexibility index (Phi) is 3.74. The Balaban J connectivity index is 2.01. The second-order valence-corrected chi connectivity index (χ2v) is 4.20. The van der Waals surface area contributed by atoms with Crippen molar-refractivity contribution in [1.82, 2.24) is 0 Å². The lowest BCUT2D eigenvalue weighted by Crippen LogP contribution is -2.19. The van der Waals surface area contributed by atoms with E-state index < -0.39 is 0 Å². The molecule has 0 aliphatic carbocycles. The van der Waals surface area contributed by atoms with Crippen molar-refractivity contribution in [3.63, 3.8) is 0 Å². The molecular weight excluding hydrogens is 246 g/mol. The maximum Gasteiger partial charge on any atom is 0.323 e. The average Bonchev–Trinajstić information content (AvgIpc) is 2.35. The van der Waals surface area contributed by atoms with Crippen molar-refractivity contribution in [2.24, 2.45) is 0 Å².